The van der Waals surface area contributed by atoms with Gasteiger partial charge in [0.1, 0.15) is 11.9 Å². The molecule has 1 N–H and O–H groups in total. The van der Waals surface area contributed by atoms with Gasteiger partial charge in [-0.2, -0.15) is 5.10 Å². The number of anilines is 2. The first-order valence-corrected chi connectivity index (χ1v) is 12.7. The number of halogens is 1. The van der Waals surface area contributed by atoms with E-state index in [1.807, 2.05) is 6.20 Å². The molecular weight excluding hydrogens is 431 g/mol. The van der Waals surface area contributed by atoms with Gasteiger partial charge in [-0.3, -0.25) is 4.68 Å². The second kappa shape index (κ2) is 9.76. The highest BCUT2D eigenvalue weighted by Crippen LogP contribution is 2.37. The van der Waals surface area contributed by atoms with Gasteiger partial charge >= 0.3 is 0 Å². The zero-order chi connectivity index (χ0) is 23.7. The van der Waals surface area contributed by atoms with E-state index in [1.165, 1.54) is 12.8 Å². The van der Waals surface area contributed by atoms with E-state index in [1.54, 1.807) is 19.2 Å². The molecule has 5 rings (SSSR count). The summed E-state index contributed by atoms with van der Waals surface area (Å²) in [6.45, 7) is 9.03. The Labute approximate surface area is 200 Å². The van der Waals surface area contributed by atoms with Crippen LogP contribution in [0.15, 0.2) is 24.5 Å². The number of fused-ring (bicyclic) bond motifs is 1. The van der Waals surface area contributed by atoms with Crippen LogP contribution in [0.5, 0.6) is 5.88 Å². The minimum atomic E-state index is -0.355. The molecule has 3 aromatic heterocycles. The van der Waals surface area contributed by atoms with Crippen molar-refractivity contribution >= 4 is 22.5 Å². The molecule has 0 amide bonds. The molecule has 3 aromatic rings. The second-order valence-corrected chi connectivity index (χ2v) is 9.69. The molecule has 182 valence electrons. The Kier molecular flexibility index (Phi) is 6.57. The number of nitrogens with one attached hydrogen (secondary N) is 1. The monoisotopic (exact) mass is 466 g/mol. The molecule has 4 heterocycles. The minimum Gasteiger partial charge on any atom is -0.472 e. The number of hydrogen-bond donors (Lipinski definition) is 1. The van der Waals surface area contributed by atoms with Crippen molar-refractivity contribution in [2.75, 3.05) is 29.9 Å². The lowest BCUT2D eigenvalue weighted by molar-refractivity contribution is 0.120. The summed E-state index contributed by atoms with van der Waals surface area (Å²) < 4.78 is 22.5. The lowest BCUT2D eigenvalue weighted by Crippen LogP contribution is -2.27. The molecule has 0 spiro atoms. The van der Waals surface area contributed by atoms with Crippen LogP contribution >= 0.6 is 0 Å². The van der Waals surface area contributed by atoms with Crippen LogP contribution in [0.2, 0.25) is 0 Å². The van der Waals surface area contributed by atoms with Gasteiger partial charge in [0.2, 0.25) is 0 Å². The van der Waals surface area contributed by atoms with E-state index in [2.05, 4.69) is 44.8 Å². The van der Waals surface area contributed by atoms with Crippen molar-refractivity contribution in [3.8, 4) is 5.88 Å². The fourth-order valence-electron chi connectivity index (χ4n) is 5.33. The Morgan fingerprint density at radius 3 is 2.71 bits per heavy atom. The van der Waals surface area contributed by atoms with Crippen LogP contribution in [0.1, 0.15) is 64.0 Å². The van der Waals surface area contributed by atoms with Crippen molar-refractivity contribution in [3.63, 3.8) is 0 Å². The quantitative estimate of drug-likeness (QED) is 0.496. The maximum absolute atomic E-state index is 14.4. The number of aryl methyl sites for hydroxylation is 1. The Balaban J connectivity index is 1.37. The number of rotatable bonds is 7. The fourth-order valence-corrected chi connectivity index (χ4v) is 5.33. The third kappa shape index (κ3) is 4.42. The van der Waals surface area contributed by atoms with Crippen molar-refractivity contribution in [3.05, 3.63) is 35.9 Å². The summed E-state index contributed by atoms with van der Waals surface area (Å²) in [6.07, 6.45) is 9.56. The van der Waals surface area contributed by atoms with Crippen LogP contribution in [0.4, 0.5) is 16.0 Å². The third-order valence-corrected chi connectivity index (χ3v) is 7.41. The summed E-state index contributed by atoms with van der Waals surface area (Å²) in [5.41, 5.74) is 1.70. The molecule has 0 radical (unpaired) electrons. The number of ether oxygens (including phenoxy) is 1. The average Bonchev–Trinajstić information content (AvgIpc) is 3.47. The Bertz CT molecular complexity index is 1140. The molecule has 1 saturated heterocycles. The van der Waals surface area contributed by atoms with Gasteiger partial charge in [-0.1, -0.05) is 13.3 Å². The number of aromatic nitrogens is 4. The Morgan fingerprint density at radius 1 is 1.15 bits per heavy atom. The average molecular weight is 467 g/mol. The normalized spacial score (nSPS) is 22.9. The van der Waals surface area contributed by atoms with Crippen molar-refractivity contribution < 1.29 is 9.13 Å². The molecule has 1 aliphatic heterocycles. The fraction of sp³-hybridized carbons (Fsp3) is 0.577. The summed E-state index contributed by atoms with van der Waals surface area (Å²) in [5.74, 6) is 2.44. The molecule has 1 saturated carbocycles. The van der Waals surface area contributed by atoms with Gasteiger partial charge in [0.25, 0.3) is 5.88 Å². The summed E-state index contributed by atoms with van der Waals surface area (Å²) in [5, 5.41) is 9.63. The lowest BCUT2D eigenvalue weighted by atomic mass is 9.93. The minimum absolute atomic E-state index is 0.0239. The summed E-state index contributed by atoms with van der Waals surface area (Å²) in [4.78, 5) is 11.2. The largest absolute Gasteiger partial charge is 0.472 e. The summed E-state index contributed by atoms with van der Waals surface area (Å²) >= 11 is 0. The zero-order valence-electron chi connectivity index (χ0n) is 20.4. The first-order chi connectivity index (χ1) is 16.6. The van der Waals surface area contributed by atoms with Crippen molar-refractivity contribution in [1.29, 1.82) is 0 Å². The Morgan fingerprint density at radius 2 is 1.97 bits per heavy atom. The highest BCUT2D eigenvalue weighted by molar-refractivity contribution is 5.91. The van der Waals surface area contributed by atoms with Gasteiger partial charge < -0.3 is 15.0 Å². The molecule has 2 fully saturated rings. The molecular formula is C26H35FN6O. The van der Waals surface area contributed by atoms with Crippen LogP contribution in [-0.2, 0) is 0 Å². The molecule has 0 bridgehead atoms. The van der Waals surface area contributed by atoms with Crippen molar-refractivity contribution in [1.82, 2.24) is 19.7 Å². The Hall–Kier alpha value is -2.90. The predicted molar refractivity (Wildman–Crippen MR) is 133 cm³/mol. The molecule has 8 heteroatoms. The summed E-state index contributed by atoms with van der Waals surface area (Å²) in [6, 6.07) is 4.09. The van der Waals surface area contributed by atoms with E-state index in [-0.39, 0.29) is 23.8 Å². The maximum Gasteiger partial charge on any atom is 0.250 e. The van der Waals surface area contributed by atoms with Gasteiger partial charge in [-0.25, -0.2) is 14.4 Å². The number of hydrogen-bond acceptors (Lipinski definition) is 6. The molecule has 2 aliphatic rings. The first kappa shape index (κ1) is 22.9. The smallest absolute Gasteiger partial charge is 0.250 e. The van der Waals surface area contributed by atoms with Gasteiger partial charge in [0.15, 0.2) is 11.6 Å². The van der Waals surface area contributed by atoms with Gasteiger partial charge in [-0.15, -0.1) is 0 Å². The zero-order valence-corrected chi connectivity index (χ0v) is 20.4. The van der Waals surface area contributed by atoms with Crippen LogP contribution < -0.4 is 15.0 Å². The molecule has 1 atom stereocenters. The van der Waals surface area contributed by atoms with Crippen LogP contribution in [0.3, 0.4) is 0 Å². The first-order valence-electron chi connectivity index (χ1n) is 12.7. The van der Waals surface area contributed by atoms with E-state index < -0.39 is 0 Å². The maximum atomic E-state index is 14.4. The highest BCUT2D eigenvalue weighted by Gasteiger charge is 2.30. The number of pyridine rings is 2. The van der Waals surface area contributed by atoms with Crippen LogP contribution in [-0.4, -0.2) is 45.5 Å². The molecule has 0 unspecified atom stereocenters. The van der Waals surface area contributed by atoms with E-state index in [0.29, 0.717) is 5.56 Å². The van der Waals surface area contributed by atoms with Crippen molar-refractivity contribution in [2.45, 2.75) is 71.4 Å². The van der Waals surface area contributed by atoms with Crippen LogP contribution in [0.25, 0.3) is 10.9 Å². The predicted octanol–water partition coefficient (Wildman–Crippen LogP) is 5.50. The van der Waals surface area contributed by atoms with Gasteiger partial charge in [0, 0.05) is 38.1 Å². The van der Waals surface area contributed by atoms with Gasteiger partial charge in [-0.05, 0) is 63.5 Å². The molecule has 7 nitrogen and oxygen atoms in total. The van der Waals surface area contributed by atoms with E-state index >= 15 is 0 Å². The summed E-state index contributed by atoms with van der Waals surface area (Å²) in [7, 11) is 0. The van der Waals surface area contributed by atoms with E-state index in [4.69, 9.17) is 9.84 Å². The lowest BCUT2D eigenvalue weighted by Gasteiger charge is -2.29. The van der Waals surface area contributed by atoms with Gasteiger partial charge in [0.05, 0.1) is 16.9 Å². The van der Waals surface area contributed by atoms with Crippen LogP contribution in [0, 0.1) is 18.7 Å². The second-order valence-electron chi connectivity index (χ2n) is 9.69. The van der Waals surface area contributed by atoms with Crippen molar-refractivity contribution in [2.24, 2.45) is 5.92 Å². The molecule has 34 heavy (non-hydrogen) atoms. The topological polar surface area (TPSA) is 68.1 Å². The molecule has 0 aromatic carbocycles. The SMILES string of the molecule is CCNc1cc2c(cn1)c(N1CC[C@@H](CC)C1)nn2C1CCC(Oc2nccc(C)c2F)CC1. The number of nitrogens with zero attached hydrogens (tertiary/aromatic N) is 5. The standard InChI is InChI=1S/C26H35FN6O/c1-4-18-11-13-32(16-18)25-21-15-30-23(28-5-2)14-22(21)33(31-25)19-6-8-20(9-7-19)34-26-24(27)17(3)10-12-29-26/h10,12,14-15,18-20H,4-9,11,13,16H2,1-3H3,(H,28,30)/t18-,19?,20?/m1/s1. The highest BCUT2D eigenvalue weighted by atomic mass is 19.1. The third-order valence-electron chi connectivity index (χ3n) is 7.41. The van der Waals surface area contributed by atoms with E-state index in [9.17, 15) is 4.39 Å². The molecule has 1 aliphatic carbocycles. The van der Waals surface area contributed by atoms with E-state index in [0.717, 1.165) is 73.8 Å².